The summed E-state index contributed by atoms with van der Waals surface area (Å²) < 4.78 is 33.1. The fourth-order valence-electron chi connectivity index (χ4n) is 2.05. The minimum Gasteiger partial charge on any atom is -0.377 e. The second-order valence-electron chi connectivity index (χ2n) is 4.45. The molecule has 100 valence electrons. The van der Waals surface area contributed by atoms with E-state index < -0.39 is 11.6 Å². The molecule has 1 aromatic carbocycles. The molecule has 1 saturated heterocycles. The van der Waals surface area contributed by atoms with Crippen molar-refractivity contribution in [3.05, 3.63) is 29.3 Å². The molecule has 2 rings (SSSR count). The highest BCUT2D eigenvalue weighted by Crippen LogP contribution is 2.35. The Kier molecular flexibility index (Phi) is 4.59. The van der Waals surface area contributed by atoms with Crippen molar-refractivity contribution in [3.63, 3.8) is 0 Å². The van der Waals surface area contributed by atoms with Crippen molar-refractivity contribution < 1.29 is 13.5 Å². The number of ether oxygens (including phenoxy) is 1. The highest BCUT2D eigenvalue weighted by molar-refractivity contribution is 8.00. The molecule has 1 heterocycles. The van der Waals surface area contributed by atoms with E-state index >= 15 is 0 Å². The Balaban J connectivity index is 2.17. The molecule has 5 heteroatoms. The van der Waals surface area contributed by atoms with E-state index in [1.165, 1.54) is 23.9 Å². The number of hydrogen-bond donors (Lipinski definition) is 1. The van der Waals surface area contributed by atoms with Gasteiger partial charge in [0.1, 0.15) is 11.6 Å². The van der Waals surface area contributed by atoms with E-state index in [4.69, 9.17) is 10.5 Å². The lowest BCUT2D eigenvalue weighted by Crippen LogP contribution is -2.14. The lowest BCUT2D eigenvalue weighted by molar-refractivity contribution is 0.127. The minimum absolute atomic E-state index is 0.0394. The third-order valence-electron chi connectivity index (χ3n) is 3.07. The van der Waals surface area contributed by atoms with E-state index in [1.807, 2.05) is 6.92 Å². The number of rotatable bonds is 4. The van der Waals surface area contributed by atoms with Gasteiger partial charge in [-0.05, 0) is 44.0 Å². The van der Waals surface area contributed by atoms with Gasteiger partial charge >= 0.3 is 0 Å². The van der Waals surface area contributed by atoms with E-state index in [9.17, 15) is 8.78 Å². The van der Waals surface area contributed by atoms with Crippen LogP contribution in [0.5, 0.6) is 0 Å². The maximum atomic E-state index is 13.9. The number of hydrogen-bond acceptors (Lipinski definition) is 3. The van der Waals surface area contributed by atoms with Gasteiger partial charge in [0.15, 0.2) is 0 Å². The average molecular weight is 273 g/mol. The van der Waals surface area contributed by atoms with E-state index in [0.29, 0.717) is 25.1 Å². The van der Waals surface area contributed by atoms with Crippen molar-refractivity contribution >= 4 is 11.8 Å². The van der Waals surface area contributed by atoms with E-state index in [1.54, 1.807) is 0 Å². The molecule has 2 nitrogen and oxygen atoms in total. The molecule has 1 aliphatic heterocycles. The zero-order chi connectivity index (χ0) is 13.1. The maximum absolute atomic E-state index is 13.9. The van der Waals surface area contributed by atoms with Gasteiger partial charge in [-0.1, -0.05) is 0 Å². The van der Waals surface area contributed by atoms with E-state index in [-0.39, 0.29) is 16.2 Å². The van der Waals surface area contributed by atoms with Crippen molar-refractivity contribution in [2.45, 2.75) is 36.0 Å². The van der Waals surface area contributed by atoms with Crippen molar-refractivity contribution in [1.29, 1.82) is 0 Å². The molecule has 2 unspecified atom stereocenters. The summed E-state index contributed by atoms with van der Waals surface area (Å²) >= 11 is 1.23. The molecule has 0 bridgehead atoms. The number of benzene rings is 1. The first kappa shape index (κ1) is 13.8. The van der Waals surface area contributed by atoms with Crippen LogP contribution in [0.15, 0.2) is 17.0 Å². The molecule has 0 saturated carbocycles. The Bertz CT molecular complexity index is 404. The van der Waals surface area contributed by atoms with Gasteiger partial charge in [-0.3, -0.25) is 0 Å². The predicted molar refractivity (Wildman–Crippen MR) is 68.8 cm³/mol. The molecule has 2 N–H and O–H groups in total. The summed E-state index contributed by atoms with van der Waals surface area (Å²) in [5.74, 6) is -0.995. The van der Waals surface area contributed by atoms with Gasteiger partial charge in [0.05, 0.1) is 11.0 Å². The summed E-state index contributed by atoms with van der Waals surface area (Å²) in [4.78, 5) is 0.0955. The van der Waals surface area contributed by atoms with Crippen LogP contribution in [0.3, 0.4) is 0 Å². The van der Waals surface area contributed by atoms with E-state index in [0.717, 1.165) is 6.42 Å². The van der Waals surface area contributed by atoms with Crippen molar-refractivity contribution in [2.75, 3.05) is 13.2 Å². The molecule has 0 aromatic heterocycles. The third-order valence-corrected chi connectivity index (χ3v) is 4.61. The van der Waals surface area contributed by atoms with Gasteiger partial charge in [0.25, 0.3) is 0 Å². The first-order valence-electron chi connectivity index (χ1n) is 6.08. The maximum Gasteiger partial charge on any atom is 0.140 e. The summed E-state index contributed by atoms with van der Waals surface area (Å²) in [5.41, 5.74) is 5.99. The molecule has 1 fully saturated rings. The van der Waals surface area contributed by atoms with Crippen LogP contribution < -0.4 is 5.73 Å². The van der Waals surface area contributed by atoms with Crippen LogP contribution in [0, 0.1) is 11.6 Å². The quantitative estimate of drug-likeness (QED) is 0.916. The van der Waals surface area contributed by atoms with E-state index in [2.05, 4.69) is 0 Å². The summed E-state index contributed by atoms with van der Waals surface area (Å²) in [5, 5.41) is 0.120. The van der Waals surface area contributed by atoms with Crippen LogP contribution in [0.1, 0.15) is 18.9 Å². The normalized spacial score (nSPS) is 23.6. The zero-order valence-corrected chi connectivity index (χ0v) is 11.1. The van der Waals surface area contributed by atoms with Crippen LogP contribution in [-0.2, 0) is 11.2 Å². The van der Waals surface area contributed by atoms with Crippen LogP contribution in [-0.4, -0.2) is 24.5 Å². The standard InChI is InChI=1S/C13H17F2NOS/c1-8-12(3-5-17-8)18-13-10(14)6-9(2-4-16)7-11(13)15/h6-8,12H,2-5,16H2,1H3. The van der Waals surface area contributed by atoms with Crippen LogP contribution in [0.2, 0.25) is 0 Å². The average Bonchev–Trinajstić information content (AvgIpc) is 2.70. The SMILES string of the molecule is CC1OCCC1Sc1c(F)cc(CCN)cc1F. The molecule has 1 aliphatic rings. The lowest BCUT2D eigenvalue weighted by Gasteiger charge is -2.15. The summed E-state index contributed by atoms with van der Waals surface area (Å²) in [6.07, 6.45) is 1.36. The molecule has 0 radical (unpaired) electrons. The molecular weight excluding hydrogens is 256 g/mol. The lowest BCUT2D eigenvalue weighted by atomic mass is 10.1. The molecule has 0 aliphatic carbocycles. The second kappa shape index (κ2) is 5.99. The van der Waals surface area contributed by atoms with Crippen molar-refractivity contribution in [1.82, 2.24) is 0 Å². The number of thioether (sulfide) groups is 1. The van der Waals surface area contributed by atoms with Crippen LogP contribution >= 0.6 is 11.8 Å². The molecule has 0 amide bonds. The Morgan fingerprint density at radius 1 is 1.39 bits per heavy atom. The molecule has 0 spiro atoms. The molecular formula is C13H17F2NOS. The highest BCUT2D eigenvalue weighted by Gasteiger charge is 2.27. The first-order chi connectivity index (χ1) is 8.61. The van der Waals surface area contributed by atoms with Gasteiger partial charge in [0, 0.05) is 11.9 Å². The minimum atomic E-state index is -0.498. The Morgan fingerprint density at radius 2 is 2.06 bits per heavy atom. The first-order valence-corrected chi connectivity index (χ1v) is 6.96. The summed E-state index contributed by atoms with van der Waals surface area (Å²) in [7, 11) is 0. The van der Waals surface area contributed by atoms with Crippen LogP contribution in [0.25, 0.3) is 0 Å². The fraction of sp³-hybridized carbons (Fsp3) is 0.538. The second-order valence-corrected chi connectivity index (χ2v) is 5.70. The highest BCUT2D eigenvalue weighted by atomic mass is 32.2. The zero-order valence-electron chi connectivity index (χ0n) is 10.3. The van der Waals surface area contributed by atoms with Gasteiger partial charge in [-0.2, -0.15) is 0 Å². The van der Waals surface area contributed by atoms with Gasteiger partial charge in [-0.15, -0.1) is 11.8 Å². The third kappa shape index (κ3) is 3.02. The predicted octanol–water partition coefficient (Wildman–Crippen LogP) is 2.74. The van der Waals surface area contributed by atoms with Crippen molar-refractivity contribution in [3.8, 4) is 0 Å². The fourth-order valence-corrected chi connectivity index (χ4v) is 3.18. The van der Waals surface area contributed by atoms with Gasteiger partial charge in [0.2, 0.25) is 0 Å². The Hall–Kier alpha value is -0.650. The summed E-state index contributed by atoms with van der Waals surface area (Å²) in [6.45, 7) is 2.98. The Labute approximate surface area is 110 Å². The largest absolute Gasteiger partial charge is 0.377 e. The molecule has 1 aromatic rings. The van der Waals surface area contributed by atoms with Gasteiger partial charge in [-0.25, -0.2) is 8.78 Å². The molecule has 2 atom stereocenters. The topological polar surface area (TPSA) is 35.2 Å². The smallest absolute Gasteiger partial charge is 0.140 e. The van der Waals surface area contributed by atoms with Crippen molar-refractivity contribution in [2.24, 2.45) is 5.73 Å². The monoisotopic (exact) mass is 273 g/mol. The number of halogens is 2. The van der Waals surface area contributed by atoms with Gasteiger partial charge < -0.3 is 10.5 Å². The summed E-state index contributed by atoms with van der Waals surface area (Å²) in [6, 6.07) is 2.75. The number of nitrogens with two attached hydrogens (primary N) is 1. The Morgan fingerprint density at radius 3 is 2.56 bits per heavy atom. The molecule has 18 heavy (non-hydrogen) atoms. The van der Waals surface area contributed by atoms with Crippen LogP contribution in [0.4, 0.5) is 8.78 Å².